The van der Waals surface area contributed by atoms with E-state index in [-0.39, 0.29) is 11.8 Å². The number of carbonyl (C=O) groups excluding carboxylic acids is 1. The van der Waals surface area contributed by atoms with Crippen molar-refractivity contribution in [2.45, 2.75) is 31.3 Å². The summed E-state index contributed by atoms with van der Waals surface area (Å²) in [5.41, 5.74) is -0.0202. The molecule has 1 fully saturated rings. The van der Waals surface area contributed by atoms with Crippen LogP contribution in [0.25, 0.3) is 0 Å². The van der Waals surface area contributed by atoms with Gasteiger partial charge in [-0.05, 0) is 36.3 Å². The Bertz CT molecular complexity index is 457. The second kappa shape index (κ2) is 6.83. The van der Waals surface area contributed by atoms with E-state index < -0.39 is 5.60 Å². The number of amides is 1. The van der Waals surface area contributed by atoms with Crippen molar-refractivity contribution in [3.8, 4) is 0 Å². The average Bonchev–Trinajstić information content (AvgIpc) is 2.89. The van der Waals surface area contributed by atoms with E-state index in [1.54, 1.807) is 11.8 Å². The Balaban J connectivity index is 1.94. The van der Waals surface area contributed by atoms with Crippen LogP contribution in [0.3, 0.4) is 0 Å². The van der Waals surface area contributed by atoms with Gasteiger partial charge in [0.2, 0.25) is 0 Å². The van der Waals surface area contributed by atoms with Crippen LogP contribution in [0.15, 0.2) is 24.3 Å². The summed E-state index contributed by atoms with van der Waals surface area (Å²) in [6.07, 6.45) is 1.47. The topological polar surface area (TPSA) is 49.3 Å². The summed E-state index contributed by atoms with van der Waals surface area (Å²) in [4.78, 5) is 12.1. The molecule has 1 saturated heterocycles. The van der Waals surface area contributed by atoms with E-state index in [0.29, 0.717) is 23.7 Å². The molecular formula is C15H20ClNO2S. The van der Waals surface area contributed by atoms with Gasteiger partial charge < -0.3 is 10.4 Å². The molecule has 2 N–H and O–H groups in total. The lowest BCUT2D eigenvalue weighted by Crippen LogP contribution is -2.47. The van der Waals surface area contributed by atoms with Gasteiger partial charge in [0.25, 0.3) is 5.91 Å². The Morgan fingerprint density at radius 3 is 2.75 bits per heavy atom. The van der Waals surface area contributed by atoms with Crippen LogP contribution in [0.2, 0.25) is 5.02 Å². The Labute approximate surface area is 129 Å². The highest BCUT2D eigenvalue weighted by molar-refractivity contribution is 7.99. The Kier molecular flexibility index (Phi) is 5.35. The van der Waals surface area contributed by atoms with Gasteiger partial charge in [0, 0.05) is 23.2 Å². The van der Waals surface area contributed by atoms with E-state index in [1.807, 2.05) is 24.3 Å². The van der Waals surface area contributed by atoms with Gasteiger partial charge in [0.1, 0.15) is 0 Å². The number of rotatable bonds is 5. The first-order valence-electron chi connectivity index (χ1n) is 6.89. The predicted octanol–water partition coefficient (Wildman–Crippen LogP) is 2.82. The van der Waals surface area contributed by atoms with Crippen LogP contribution < -0.4 is 5.32 Å². The maximum atomic E-state index is 12.1. The Morgan fingerprint density at radius 1 is 1.50 bits per heavy atom. The van der Waals surface area contributed by atoms with Gasteiger partial charge in [-0.2, -0.15) is 11.8 Å². The van der Waals surface area contributed by atoms with E-state index in [1.165, 1.54) is 0 Å². The molecule has 1 amide bonds. The zero-order valence-corrected chi connectivity index (χ0v) is 13.1. The number of aliphatic hydroxyl groups is 1. The molecule has 0 aliphatic carbocycles. The average molecular weight is 314 g/mol. The molecule has 1 aromatic rings. The van der Waals surface area contributed by atoms with E-state index in [2.05, 4.69) is 12.2 Å². The van der Waals surface area contributed by atoms with Gasteiger partial charge in [-0.1, -0.05) is 30.7 Å². The molecule has 1 aliphatic heterocycles. The highest BCUT2D eigenvalue weighted by Gasteiger charge is 2.39. The number of halogens is 1. The second-order valence-corrected chi connectivity index (χ2v) is 6.74. The van der Waals surface area contributed by atoms with Crippen molar-refractivity contribution < 1.29 is 9.90 Å². The molecule has 0 bridgehead atoms. The maximum absolute atomic E-state index is 12.1. The molecule has 2 unspecified atom stereocenters. The summed E-state index contributed by atoms with van der Waals surface area (Å²) in [5, 5.41) is 13.8. The predicted molar refractivity (Wildman–Crippen MR) is 84.4 cm³/mol. The molecule has 2 rings (SSSR count). The maximum Gasteiger partial charge on any atom is 0.252 e. The smallest absolute Gasteiger partial charge is 0.252 e. The van der Waals surface area contributed by atoms with Crippen LogP contribution in [0.5, 0.6) is 0 Å². The Hall–Kier alpha value is -0.710. The van der Waals surface area contributed by atoms with Crippen LogP contribution in [-0.2, 0) is 4.79 Å². The number of hydrogen-bond donors (Lipinski definition) is 2. The lowest BCUT2D eigenvalue weighted by molar-refractivity contribution is -0.137. The van der Waals surface area contributed by atoms with Gasteiger partial charge in [0.05, 0.1) is 0 Å². The van der Waals surface area contributed by atoms with E-state index in [0.717, 1.165) is 17.7 Å². The van der Waals surface area contributed by atoms with Crippen LogP contribution in [0.1, 0.15) is 31.2 Å². The summed E-state index contributed by atoms with van der Waals surface area (Å²) >= 11 is 7.51. The van der Waals surface area contributed by atoms with E-state index in [9.17, 15) is 9.90 Å². The van der Waals surface area contributed by atoms with Gasteiger partial charge in [-0.15, -0.1) is 0 Å². The number of carbonyl (C=O) groups is 1. The lowest BCUT2D eigenvalue weighted by atomic mass is 9.95. The monoisotopic (exact) mass is 313 g/mol. The fourth-order valence-electron chi connectivity index (χ4n) is 2.35. The minimum Gasteiger partial charge on any atom is -0.379 e. The quantitative estimate of drug-likeness (QED) is 0.879. The first kappa shape index (κ1) is 15.7. The van der Waals surface area contributed by atoms with Crippen molar-refractivity contribution in [3.05, 3.63) is 34.9 Å². The summed E-state index contributed by atoms with van der Waals surface area (Å²) in [7, 11) is 0. The van der Waals surface area contributed by atoms with Crippen LogP contribution in [0, 0.1) is 0 Å². The molecule has 1 heterocycles. The van der Waals surface area contributed by atoms with Crippen molar-refractivity contribution in [1.82, 2.24) is 5.32 Å². The fraction of sp³-hybridized carbons (Fsp3) is 0.533. The summed E-state index contributed by atoms with van der Waals surface area (Å²) in [6, 6.07) is 7.70. The zero-order valence-electron chi connectivity index (χ0n) is 11.6. The van der Waals surface area contributed by atoms with E-state index in [4.69, 9.17) is 11.6 Å². The van der Waals surface area contributed by atoms with Crippen molar-refractivity contribution in [2.75, 3.05) is 18.1 Å². The minimum atomic E-state index is -1.18. The SMILES string of the molecule is CCC(CNC(=O)C1(O)CCSC1)c1ccc(Cl)cc1. The molecule has 5 heteroatoms. The Morgan fingerprint density at radius 2 is 2.20 bits per heavy atom. The summed E-state index contributed by atoms with van der Waals surface area (Å²) in [5.74, 6) is 1.35. The van der Waals surface area contributed by atoms with Crippen molar-refractivity contribution in [2.24, 2.45) is 0 Å². The van der Waals surface area contributed by atoms with Crippen LogP contribution in [0.4, 0.5) is 0 Å². The first-order valence-corrected chi connectivity index (χ1v) is 8.42. The molecule has 110 valence electrons. The minimum absolute atomic E-state index is 0.241. The number of benzene rings is 1. The number of nitrogens with one attached hydrogen (secondary N) is 1. The van der Waals surface area contributed by atoms with Crippen LogP contribution in [-0.4, -0.2) is 34.7 Å². The van der Waals surface area contributed by atoms with Crippen molar-refractivity contribution in [3.63, 3.8) is 0 Å². The molecule has 0 aromatic heterocycles. The third-order valence-electron chi connectivity index (χ3n) is 3.77. The normalized spacial score (nSPS) is 23.6. The van der Waals surface area contributed by atoms with Crippen molar-refractivity contribution >= 4 is 29.3 Å². The highest BCUT2D eigenvalue weighted by atomic mass is 35.5. The summed E-state index contributed by atoms with van der Waals surface area (Å²) in [6.45, 7) is 2.63. The summed E-state index contributed by atoms with van der Waals surface area (Å²) < 4.78 is 0. The highest BCUT2D eigenvalue weighted by Crippen LogP contribution is 2.28. The van der Waals surface area contributed by atoms with Gasteiger partial charge in [-0.25, -0.2) is 0 Å². The third kappa shape index (κ3) is 3.68. The van der Waals surface area contributed by atoms with Crippen molar-refractivity contribution in [1.29, 1.82) is 0 Å². The number of hydrogen-bond acceptors (Lipinski definition) is 3. The molecule has 0 spiro atoms. The first-order chi connectivity index (χ1) is 9.55. The van der Waals surface area contributed by atoms with Gasteiger partial charge in [0.15, 0.2) is 5.60 Å². The molecule has 3 nitrogen and oxygen atoms in total. The number of thioether (sulfide) groups is 1. The molecule has 1 aromatic carbocycles. The molecule has 1 aliphatic rings. The molecule has 2 atom stereocenters. The molecule has 20 heavy (non-hydrogen) atoms. The standard InChI is InChI=1S/C15H20ClNO2S/c1-2-11(12-3-5-13(16)6-4-12)9-17-14(18)15(19)7-8-20-10-15/h3-6,11,19H,2,7-10H2,1H3,(H,17,18). The van der Waals surface area contributed by atoms with Gasteiger partial charge >= 0.3 is 0 Å². The molecule has 0 saturated carbocycles. The molecular weight excluding hydrogens is 294 g/mol. The fourth-order valence-corrected chi connectivity index (χ4v) is 3.71. The lowest BCUT2D eigenvalue weighted by Gasteiger charge is -2.23. The third-order valence-corrected chi connectivity index (χ3v) is 5.19. The van der Waals surface area contributed by atoms with E-state index >= 15 is 0 Å². The molecule has 0 radical (unpaired) electrons. The largest absolute Gasteiger partial charge is 0.379 e. The second-order valence-electron chi connectivity index (χ2n) is 5.20. The van der Waals surface area contributed by atoms with Crippen LogP contribution >= 0.6 is 23.4 Å². The van der Waals surface area contributed by atoms with Gasteiger partial charge in [-0.3, -0.25) is 4.79 Å². The zero-order chi connectivity index (χ0) is 14.6.